The number of nitrogens with zero attached hydrogens (tertiary/aromatic N) is 1. The van der Waals surface area contributed by atoms with E-state index in [-0.39, 0.29) is 42.1 Å². The Kier molecular flexibility index (Phi) is 5.34. The molecule has 1 saturated heterocycles. The second kappa shape index (κ2) is 6.91. The molecular formula is C17H26N2O3S. The zero-order chi connectivity index (χ0) is 17.2. The molecule has 1 aromatic carbocycles. The molecule has 1 aromatic rings. The molecule has 6 heteroatoms. The number of urea groups is 1. The first-order chi connectivity index (χ1) is 10.7. The lowest BCUT2D eigenvalue weighted by Gasteiger charge is -2.35. The number of carbonyl (C=O) groups excluding carboxylic acids is 1. The summed E-state index contributed by atoms with van der Waals surface area (Å²) in [5, 5.41) is 3.09. The third kappa shape index (κ3) is 4.25. The number of benzene rings is 1. The third-order valence-corrected chi connectivity index (χ3v) is 6.20. The van der Waals surface area contributed by atoms with E-state index >= 15 is 0 Å². The predicted molar refractivity (Wildman–Crippen MR) is 92.1 cm³/mol. The number of nitrogens with one attached hydrogen (secondary N) is 1. The number of amides is 2. The Morgan fingerprint density at radius 3 is 2.52 bits per heavy atom. The van der Waals surface area contributed by atoms with Gasteiger partial charge in [-0.3, -0.25) is 0 Å². The maximum atomic E-state index is 12.6. The van der Waals surface area contributed by atoms with Crippen molar-refractivity contribution in [2.45, 2.75) is 39.8 Å². The van der Waals surface area contributed by atoms with Gasteiger partial charge >= 0.3 is 6.03 Å². The second-order valence-corrected chi connectivity index (χ2v) is 8.91. The highest BCUT2D eigenvalue weighted by Crippen LogP contribution is 2.25. The van der Waals surface area contributed by atoms with Gasteiger partial charge in [-0.15, -0.1) is 0 Å². The lowest BCUT2D eigenvalue weighted by molar-refractivity contribution is 0.177. The Morgan fingerprint density at radius 2 is 1.96 bits per heavy atom. The van der Waals surface area contributed by atoms with Gasteiger partial charge in [-0.25, -0.2) is 13.2 Å². The minimum absolute atomic E-state index is 0.0388. The smallest absolute Gasteiger partial charge is 0.318 e. The van der Waals surface area contributed by atoms with Crippen LogP contribution in [0.4, 0.5) is 4.79 Å². The minimum Gasteiger partial charge on any atom is -0.331 e. The molecule has 5 nitrogen and oxygen atoms in total. The molecule has 1 fully saturated rings. The molecule has 0 unspecified atom stereocenters. The summed E-state index contributed by atoms with van der Waals surface area (Å²) in [5.74, 6) is 0.322. The summed E-state index contributed by atoms with van der Waals surface area (Å²) in [6.07, 6.45) is 0. The number of rotatable bonds is 3. The molecule has 1 aliphatic heterocycles. The van der Waals surface area contributed by atoms with Crippen molar-refractivity contribution < 1.29 is 13.2 Å². The molecule has 1 aliphatic rings. The molecule has 0 saturated carbocycles. The summed E-state index contributed by atoms with van der Waals surface area (Å²) in [7, 11) is -3.02. The van der Waals surface area contributed by atoms with Crippen molar-refractivity contribution in [3.8, 4) is 0 Å². The van der Waals surface area contributed by atoms with E-state index in [9.17, 15) is 13.2 Å². The van der Waals surface area contributed by atoms with E-state index in [1.165, 1.54) is 0 Å². The quantitative estimate of drug-likeness (QED) is 0.921. The Balaban J connectivity index is 2.15. The maximum Gasteiger partial charge on any atom is 0.318 e. The van der Waals surface area contributed by atoms with Gasteiger partial charge in [0.25, 0.3) is 0 Å². The summed E-state index contributed by atoms with van der Waals surface area (Å²) in [5.41, 5.74) is 2.24. The molecule has 0 spiro atoms. The first-order valence-corrected chi connectivity index (χ1v) is 9.86. The average Bonchev–Trinajstić information content (AvgIpc) is 2.44. The number of hydrogen-bond donors (Lipinski definition) is 1. The molecule has 1 heterocycles. The fraction of sp³-hybridized carbons (Fsp3) is 0.588. The molecule has 23 heavy (non-hydrogen) atoms. The number of carbonyl (C=O) groups is 1. The first kappa shape index (κ1) is 17.8. The lowest BCUT2D eigenvalue weighted by Crippen LogP contribution is -2.54. The molecule has 0 radical (unpaired) electrons. The highest BCUT2D eigenvalue weighted by atomic mass is 32.2. The van der Waals surface area contributed by atoms with Crippen molar-refractivity contribution in [1.29, 1.82) is 0 Å². The molecule has 2 rings (SSSR count). The highest BCUT2D eigenvalue weighted by molar-refractivity contribution is 7.91. The molecular weight excluding hydrogens is 312 g/mol. The van der Waals surface area contributed by atoms with Crippen LogP contribution in [-0.4, -0.2) is 43.4 Å². The van der Waals surface area contributed by atoms with E-state index in [0.29, 0.717) is 0 Å². The van der Waals surface area contributed by atoms with Crippen molar-refractivity contribution in [2.24, 2.45) is 5.92 Å². The normalized spacial score (nSPS) is 22.0. The monoisotopic (exact) mass is 338 g/mol. The summed E-state index contributed by atoms with van der Waals surface area (Å²) in [4.78, 5) is 14.3. The molecule has 0 bridgehead atoms. The van der Waals surface area contributed by atoms with Gasteiger partial charge in [-0.1, -0.05) is 38.1 Å². The van der Waals surface area contributed by atoms with Crippen molar-refractivity contribution in [3.63, 3.8) is 0 Å². The first-order valence-electron chi connectivity index (χ1n) is 8.04. The topological polar surface area (TPSA) is 66.5 Å². The lowest BCUT2D eigenvalue weighted by atomic mass is 9.93. The zero-order valence-electron chi connectivity index (χ0n) is 14.2. The van der Waals surface area contributed by atoms with Crippen LogP contribution in [0, 0.1) is 12.8 Å². The Bertz CT molecular complexity index is 670. The second-order valence-electron chi connectivity index (χ2n) is 6.68. The van der Waals surface area contributed by atoms with Crippen LogP contribution in [-0.2, 0) is 9.84 Å². The van der Waals surface area contributed by atoms with Crippen molar-refractivity contribution in [3.05, 3.63) is 35.4 Å². The Morgan fingerprint density at radius 1 is 1.30 bits per heavy atom. The third-order valence-electron chi connectivity index (χ3n) is 4.40. The standard InChI is InChI=1S/C17H26N2O3S/c1-12(2)16(15-8-6-5-7-13(15)3)18-17(20)19-9-10-23(21,22)11-14(19)4/h5-8,12,14,16H,9-11H2,1-4H3,(H,18,20)/t14-,16+/m0/s1. The van der Waals surface area contributed by atoms with E-state index < -0.39 is 9.84 Å². The highest BCUT2D eigenvalue weighted by Gasteiger charge is 2.32. The molecule has 128 valence electrons. The molecule has 0 aromatic heterocycles. The minimum atomic E-state index is -3.02. The van der Waals surface area contributed by atoms with Crippen LogP contribution in [0.15, 0.2) is 24.3 Å². The van der Waals surface area contributed by atoms with Gasteiger partial charge in [-0.2, -0.15) is 0 Å². The molecule has 1 N–H and O–H groups in total. The van der Waals surface area contributed by atoms with Crippen molar-refractivity contribution in [2.75, 3.05) is 18.1 Å². The summed E-state index contributed by atoms with van der Waals surface area (Å²) in [6, 6.07) is 7.45. The average molecular weight is 338 g/mol. The zero-order valence-corrected chi connectivity index (χ0v) is 15.1. The van der Waals surface area contributed by atoms with Crippen LogP contribution in [0.1, 0.15) is 37.9 Å². The number of aryl methyl sites for hydroxylation is 1. The number of hydrogen-bond acceptors (Lipinski definition) is 3. The van der Waals surface area contributed by atoms with E-state index in [1.54, 1.807) is 11.8 Å². The Hall–Kier alpha value is -1.56. The fourth-order valence-electron chi connectivity index (χ4n) is 3.06. The predicted octanol–water partition coefficient (Wildman–Crippen LogP) is 2.52. The van der Waals surface area contributed by atoms with Crippen LogP contribution in [0.5, 0.6) is 0 Å². The van der Waals surface area contributed by atoms with E-state index in [4.69, 9.17) is 0 Å². The van der Waals surface area contributed by atoms with Gasteiger partial charge in [0.2, 0.25) is 0 Å². The van der Waals surface area contributed by atoms with Crippen molar-refractivity contribution in [1.82, 2.24) is 10.2 Å². The molecule has 0 aliphatic carbocycles. The molecule has 2 amide bonds. The van der Waals surface area contributed by atoms with Crippen LogP contribution in [0.3, 0.4) is 0 Å². The van der Waals surface area contributed by atoms with Gasteiger partial charge in [0.05, 0.1) is 17.5 Å². The summed E-state index contributed by atoms with van der Waals surface area (Å²) in [6.45, 7) is 8.22. The van der Waals surface area contributed by atoms with Gasteiger partial charge in [0.1, 0.15) is 0 Å². The van der Waals surface area contributed by atoms with Crippen LogP contribution >= 0.6 is 0 Å². The Labute approximate surface area is 139 Å². The fourth-order valence-corrected chi connectivity index (χ4v) is 4.61. The maximum absolute atomic E-state index is 12.6. The summed E-state index contributed by atoms with van der Waals surface area (Å²) >= 11 is 0. The number of sulfone groups is 1. The van der Waals surface area contributed by atoms with Crippen LogP contribution in [0.25, 0.3) is 0 Å². The van der Waals surface area contributed by atoms with Crippen LogP contribution in [0.2, 0.25) is 0 Å². The summed E-state index contributed by atoms with van der Waals surface area (Å²) < 4.78 is 23.3. The SMILES string of the molecule is Cc1ccccc1[C@H](NC(=O)N1CCS(=O)(=O)C[C@@H]1C)C(C)C. The van der Waals surface area contributed by atoms with Gasteiger partial charge in [-0.05, 0) is 30.9 Å². The van der Waals surface area contributed by atoms with Gasteiger partial charge in [0.15, 0.2) is 9.84 Å². The van der Waals surface area contributed by atoms with Gasteiger partial charge in [0, 0.05) is 12.6 Å². The largest absolute Gasteiger partial charge is 0.331 e. The van der Waals surface area contributed by atoms with E-state index in [2.05, 4.69) is 19.2 Å². The van der Waals surface area contributed by atoms with Crippen molar-refractivity contribution >= 4 is 15.9 Å². The van der Waals surface area contributed by atoms with E-state index in [1.807, 2.05) is 31.2 Å². The van der Waals surface area contributed by atoms with E-state index in [0.717, 1.165) is 11.1 Å². The molecule has 2 atom stereocenters. The van der Waals surface area contributed by atoms with Gasteiger partial charge < -0.3 is 10.2 Å². The van der Waals surface area contributed by atoms with Crippen LogP contribution < -0.4 is 5.32 Å².